The van der Waals surface area contributed by atoms with E-state index in [0.29, 0.717) is 5.92 Å². The minimum atomic E-state index is -3.92. The molecule has 9 nitrogen and oxygen atoms in total. The van der Waals surface area contributed by atoms with Crippen molar-refractivity contribution in [3.8, 4) is 0 Å². The fourth-order valence-corrected chi connectivity index (χ4v) is 6.13. The lowest BCUT2D eigenvalue weighted by molar-refractivity contribution is -0.136. The molecule has 0 aliphatic carbocycles. The molecule has 0 atom stereocenters. The third kappa shape index (κ3) is 7.82. The highest BCUT2D eigenvalue weighted by atomic mass is 32.2. The molecule has 2 aromatic carbocycles. The summed E-state index contributed by atoms with van der Waals surface area (Å²) in [7, 11) is -3.92. The standard InChI is InChI=1S/C28H36N4O5S/c33-27(34)10-16-30-28(35)25-7-6-24(32-17-11-23(12-18-32)22-8-14-29-15-9-22)20-26(25)31-38(36,37)19-13-21-4-2-1-3-5-21/h1-7,13,19-20,22-23,29,31H,8-12,14-18H2,(H,30,35)(H,33,34). The summed E-state index contributed by atoms with van der Waals surface area (Å²) in [6, 6.07) is 14.2. The first-order valence-corrected chi connectivity index (χ1v) is 14.7. The quantitative estimate of drug-likeness (QED) is 0.363. The Labute approximate surface area is 224 Å². The molecule has 0 spiro atoms. The number of rotatable bonds is 10. The summed E-state index contributed by atoms with van der Waals surface area (Å²) in [5.74, 6) is -0.101. The van der Waals surface area contributed by atoms with Crippen LogP contribution in [0.3, 0.4) is 0 Å². The van der Waals surface area contributed by atoms with Crippen LogP contribution in [0.15, 0.2) is 53.9 Å². The van der Waals surface area contributed by atoms with E-state index in [1.54, 1.807) is 24.3 Å². The van der Waals surface area contributed by atoms with Crippen molar-refractivity contribution in [3.05, 3.63) is 65.1 Å². The van der Waals surface area contributed by atoms with Gasteiger partial charge >= 0.3 is 5.97 Å². The van der Waals surface area contributed by atoms with Gasteiger partial charge in [-0.2, -0.15) is 0 Å². The average Bonchev–Trinajstić information content (AvgIpc) is 2.93. The van der Waals surface area contributed by atoms with E-state index in [-0.39, 0.29) is 24.2 Å². The lowest BCUT2D eigenvalue weighted by Crippen LogP contribution is -2.39. The van der Waals surface area contributed by atoms with E-state index < -0.39 is 21.9 Å². The molecule has 0 unspecified atom stereocenters. The second-order valence-electron chi connectivity index (χ2n) is 9.90. The first-order valence-electron chi connectivity index (χ1n) is 13.2. The smallest absolute Gasteiger partial charge is 0.305 e. The van der Waals surface area contributed by atoms with Crippen molar-refractivity contribution >= 4 is 39.4 Å². The Morgan fingerprint density at radius 2 is 1.68 bits per heavy atom. The molecule has 204 valence electrons. The molecule has 0 aromatic heterocycles. The van der Waals surface area contributed by atoms with Gasteiger partial charge in [-0.05, 0) is 80.4 Å². The lowest BCUT2D eigenvalue weighted by atomic mass is 9.79. The Kier molecular flexibility index (Phi) is 9.41. The van der Waals surface area contributed by atoms with Crippen LogP contribution in [0, 0.1) is 11.8 Å². The molecule has 2 aliphatic heterocycles. The zero-order chi connectivity index (χ0) is 27.0. The predicted octanol–water partition coefficient (Wildman–Crippen LogP) is 3.52. The number of hydrogen-bond acceptors (Lipinski definition) is 6. The fourth-order valence-electron chi connectivity index (χ4n) is 5.25. The van der Waals surface area contributed by atoms with Crippen molar-refractivity contribution in [3.63, 3.8) is 0 Å². The van der Waals surface area contributed by atoms with Crippen molar-refractivity contribution in [2.75, 3.05) is 42.3 Å². The van der Waals surface area contributed by atoms with Gasteiger partial charge in [0.2, 0.25) is 0 Å². The molecule has 2 heterocycles. The largest absolute Gasteiger partial charge is 0.481 e. The molecule has 2 fully saturated rings. The van der Waals surface area contributed by atoms with Crippen LogP contribution in [0.25, 0.3) is 6.08 Å². The summed E-state index contributed by atoms with van der Waals surface area (Å²) in [5, 5.41) is 16.0. The molecule has 0 radical (unpaired) electrons. The maximum absolute atomic E-state index is 12.9. The second kappa shape index (κ2) is 12.9. The van der Waals surface area contributed by atoms with Gasteiger partial charge in [0.05, 0.1) is 23.1 Å². The van der Waals surface area contributed by atoms with E-state index in [4.69, 9.17) is 5.11 Å². The van der Waals surface area contributed by atoms with Gasteiger partial charge in [-0.25, -0.2) is 8.42 Å². The second-order valence-corrected chi connectivity index (χ2v) is 11.5. The van der Waals surface area contributed by atoms with Gasteiger partial charge in [-0.15, -0.1) is 0 Å². The first kappa shape index (κ1) is 27.7. The summed E-state index contributed by atoms with van der Waals surface area (Å²) in [5.41, 5.74) is 1.88. The molecule has 0 saturated carbocycles. The molecule has 1 amide bonds. The fraction of sp³-hybridized carbons (Fsp3) is 0.429. The number of nitrogens with zero attached hydrogens (tertiary/aromatic N) is 1. The number of carbonyl (C=O) groups excluding carboxylic acids is 1. The molecule has 2 saturated heterocycles. The number of carboxylic acid groups (broad SMARTS) is 1. The Balaban J connectivity index is 1.51. The van der Waals surface area contributed by atoms with Crippen molar-refractivity contribution < 1.29 is 23.1 Å². The molecular weight excluding hydrogens is 504 g/mol. The Morgan fingerprint density at radius 1 is 1.00 bits per heavy atom. The molecule has 4 rings (SSSR count). The summed E-state index contributed by atoms with van der Waals surface area (Å²) < 4.78 is 28.4. The van der Waals surface area contributed by atoms with E-state index >= 15 is 0 Å². The van der Waals surface area contributed by atoms with Crippen LogP contribution in [0.2, 0.25) is 0 Å². The van der Waals surface area contributed by atoms with Crippen molar-refractivity contribution in [2.45, 2.75) is 32.1 Å². The topological polar surface area (TPSA) is 128 Å². The van der Waals surface area contributed by atoms with Crippen LogP contribution in [0.1, 0.15) is 48.0 Å². The number of aliphatic carboxylic acids is 1. The van der Waals surface area contributed by atoms with Crippen LogP contribution in [-0.4, -0.2) is 58.1 Å². The lowest BCUT2D eigenvalue weighted by Gasteiger charge is -2.39. The van der Waals surface area contributed by atoms with Gasteiger partial charge in [-0.1, -0.05) is 30.3 Å². The summed E-state index contributed by atoms with van der Waals surface area (Å²) in [4.78, 5) is 25.9. The van der Waals surface area contributed by atoms with Gasteiger partial charge in [0.1, 0.15) is 0 Å². The third-order valence-electron chi connectivity index (χ3n) is 7.32. The third-order valence-corrected chi connectivity index (χ3v) is 8.32. The molecule has 38 heavy (non-hydrogen) atoms. The van der Waals surface area contributed by atoms with Crippen LogP contribution in [-0.2, 0) is 14.8 Å². The minimum absolute atomic E-state index is 0.0553. The van der Waals surface area contributed by atoms with Gasteiger partial charge in [-0.3, -0.25) is 14.3 Å². The van der Waals surface area contributed by atoms with Crippen LogP contribution >= 0.6 is 0 Å². The highest BCUT2D eigenvalue weighted by Crippen LogP contribution is 2.34. The minimum Gasteiger partial charge on any atom is -0.481 e. The zero-order valence-electron chi connectivity index (χ0n) is 21.4. The average molecular weight is 541 g/mol. The summed E-state index contributed by atoms with van der Waals surface area (Å²) >= 11 is 0. The maximum atomic E-state index is 12.9. The molecule has 4 N–H and O–H groups in total. The Morgan fingerprint density at radius 3 is 2.37 bits per heavy atom. The molecular formula is C28H36N4O5S. The number of carbonyl (C=O) groups is 2. The van der Waals surface area contributed by atoms with E-state index in [0.717, 1.165) is 61.6 Å². The number of hydrogen-bond donors (Lipinski definition) is 4. The van der Waals surface area contributed by atoms with Gasteiger partial charge < -0.3 is 20.6 Å². The highest BCUT2D eigenvalue weighted by molar-refractivity contribution is 7.95. The number of piperidine rings is 2. The number of carboxylic acids is 1. The normalized spacial score (nSPS) is 17.4. The Hall–Kier alpha value is -3.37. The first-order chi connectivity index (χ1) is 18.3. The monoisotopic (exact) mass is 540 g/mol. The number of sulfonamides is 1. The molecule has 10 heteroatoms. The van der Waals surface area contributed by atoms with Crippen molar-refractivity contribution in [1.82, 2.24) is 10.6 Å². The van der Waals surface area contributed by atoms with E-state index in [1.807, 2.05) is 24.3 Å². The summed E-state index contributed by atoms with van der Waals surface area (Å²) in [6.07, 6.45) is 5.88. The van der Waals surface area contributed by atoms with Crippen LogP contribution in [0.5, 0.6) is 0 Å². The van der Waals surface area contributed by atoms with Gasteiger partial charge in [0, 0.05) is 25.3 Å². The van der Waals surface area contributed by atoms with Crippen LogP contribution in [0.4, 0.5) is 11.4 Å². The van der Waals surface area contributed by atoms with Crippen molar-refractivity contribution in [1.29, 1.82) is 0 Å². The Bertz CT molecular complexity index is 1240. The molecule has 0 bridgehead atoms. The number of benzene rings is 2. The van der Waals surface area contributed by atoms with E-state index in [9.17, 15) is 18.0 Å². The zero-order valence-corrected chi connectivity index (χ0v) is 22.3. The predicted molar refractivity (Wildman–Crippen MR) is 150 cm³/mol. The number of anilines is 2. The van der Waals surface area contributed by atoms with Crippen LogP contribution < -0.4 is 20.3 Å². The highest BCUT2D eigenvalue weighted by Gasteiger charge is 2.28. The number of nitrogens with one attached hydrogen (secondary N) is 3. The van der Waals surface area contributed by atoms with E-state index in [1.165, 1.54) is 18.9 Å². The molecule has 2 aromatic rings. The van der Waals surface area contributed by atoms with Crippen molar-refractivity contribution in [2.24, 2.45) is 11.8 Å². The van der Waals surface area contributed by atoms with Gasteiger partial charge in [0.25, 0.3) is 15.9 Å². The van der Waals surface area contributed by atoms with Gasteiger partial charge in [0.15, 0.2) is 0 Å². The summed E-state index contributed by atoms with van der Waals surface area (Å²) in [6.45, 7) is 3.87. The van der Waals surface area contributed by atoms with E-state index in [2.05, 4.69) is 20.3 Å². The molecule has 2 aliphatic rings. The SMILES string of the molecule is O=C(O)CCNC(=O)c1ccc(N2CCC(C3CCNCC3)CC2)cc1NS(=O)(=O)C=Cc1ccccc1. The number of amides is 1. The maximum Gasteiger partial charge on any atom is 0.305 e.